The molecule has 1 aliphatic rings. The third-order valence-corrected chi connectivity index (χ3v) is 3.12. The molecule has 0 saturated heterocycles. The van der Waals surface area contributed by atoms with Gasteiger partial charge in [-0.15, -0.1) is 12.4 Å². The van der Waals surface area contributed by atoms with Gasteiger partial charge in [0.25, 0.3) is 0 Å². The Kier molecular flexibility index (Phi) is 6.90. The van der Waals surface area contributed by atoms with Gasteiger partial charge in [-0.05, 0) is 30.4 Å². The van der Waals surface area contributed by atoms with E-state index in [0.717, 1.165) is 42.8 Å². The molecule has 2 nitrogen and oxygen atoms in total. The molecule has 0 amide bonds. The highest BCUT2D eigenvalue weighted by molar-refractivity contribution is 6.31. The van der Waals surface area contributed by atoms with Crippen LogP contribution in [0, 0.1) is 5.92 Å². The van der Waals surface area contributed by atoms with E-state index in [1.165, 1.54) is 12.8 Å². The van der Waals surface area contributed by atoms with E-state index in [0.29, 0.717) is 0 Å². The van der Waals surface area contributed by atoms with Crippen LogP contribution < -0.4 is 5.32 Å². The van der Waals surface area contributed by atoms with Gasteiger partial charge in [-0.25, -0.2) is 0 Å². The lowest BCUT2D eigenvalue weighted by atomic mass is 10.2. The van der Waals surface area contributed by atoms with Crippen LogP contribution in [0.4, 0.5) is 0 Å². The van der Waals surface area contributed by atoms with Crippen molar-refractivity contribution in [1.29, 1.82) is 0 Å². The predicted octanol–water partition coefficient (Wildman–Crippen LogP) is 3.28. The first kappa shape index (κ1) is 14.8. The molecule has 1 aromatic carbocycles. The number of rotatable bonds is 7. The second kappa shape index (κ2) is 7.93. The molecule has 0 spiro atoms. The maximum atomic E-state index is 6.04. The fourth-order valence-corrected chi connectivity index (χ4v) is 1.75. The van der Waals surface area contributed by atoms with Crippen LogP contribution in [0.3, 0.4) is 0 Å². The van der Waals surface area contributed by atoms with Crippen molar-refractivity contribution < 1.29 is 4.74 Å². The van der Waals surface area contributed by atoms with E-state index in [2.05, 4.69) is 5.32 Å². The number of ether oxygens (including phenoxy) is 1. The maximum absolute atomic E-state index is 6.04. The molecule has 0 heterocycles. The van der Waals surface area contributed by atoms with E-state index in [-0.39, 0.29) is 12.4 Å². The van der Waals surface area contributed by atoms with Crippen LogP contribution in [0.15, 0.2) is 24.3 Å². The molecule has 0 radical (unpaired) electrons. The van der Waals surface area contributed by atoms with Gasteiger partial charge in [-0.2, -0.15) is 0 Å². The Bertz CT molecular complexity index is 329. The predicted molar refractivity (Wildman–Crippen MR) is 73.9 cm³/mol. The van der Waals surface area contributed by atoms with Crippen LogP contribution in [0.1, 0.15) is 18.4 Å². The Hall–Kier alpha value is -0.280. The average Bonchev–Trinajstić information content (AvgIpc) is 3.09. The summed E-state index contributed by atoms with van der Waals surface area (Å²) < 4.78 is 5.53. The number of benzene rings is 1. The first-order valence-electron chi connectivity index (χ1n) is 5.88. The summed E-state index contributed by atoms with van der Waals surface area (Å²) in [6, 6.07) is 7.92. The zero-order valence-corrected chi connectivity index (χ0v) is 11.4. The minimum atomic E-state index is 0. The Balaban J connectivity index is 0.00000144. The van der Waals surface area contributed by atoms with Gasteiger partial charge in [0.15, 0.2) is 0 Å². The van der Waals surface area contributed by atoms with Crippen molar-refractivity contribution in [1.82, 2.24) is 5.32 Å². The van der Waals surface area contributed by atoms with Gasteiger partial charge >= 0.3 is 0 Å². The molecule has 2 rings (SSSR count). The minimum Gasteiger partial charge on any atom is -0.380 e. The van der Waals surface area contributed by atoms with Crippen molar-refractivity contribution >= 4 is 24.0 Å². The second-order valence-electron chi connectivity index (χ2n) is 4.29. The average molecular weight is 276 g/mol. The van der Waals surface area contributed by atoms with Crippen LogP contribution in [-0.2, 0) is 11.3 Å². The molecule has 1 aliphatic carbocycles. The van der Waals surface area contributed by atoms with Crippen molar-refractivity contribution in [3.63, 3.8) is 0 Å². The van der Waals surface area contributed by atoms with E-state index in [1.54, 1.807) is 0 Å². The van der Waals surface area contributed by atoms with Crippen molar-refractivity contribution in [2.45, 2.75) is 19.4 Å². The summed E-state index contributed by atoms with van der Waals surface area (Å²) in [6.07, 6.45) is 2.71. The van der Waals surface area contributed by atoms with Gasteiger partial charge in [-0.3, -0.25) is 0 Å². The minimum absolute atomic E-state index is 0. The monoisotopic (exact) mass is 275 g/mol. The largest absolute Gasteiger partial charge is 0.380 e. The molecule has 1 N–H and O–H groups in total. The molecule has 0 unspecified atom stereocenters. The van der Waals surface area contributed by atoms with E-state index in [9.17, 15) is 0 Å². The molecule has 0 bridgehead atoms. The number of hydrogen-bond acceptors (Lipinski definition) is 2. The zero-order chi connectivity index (χ0) is 11.2. The third kappa shape index (κ3) is 5.73. The Morgan fingerprint density at radius 2 is 2.06 bits per heavy atom. The van der Waals surface area contributed by atoms with Gasteiger partial charge in [0, 0.05) is 24.7 Å². The first-order valence-corrected chi connectivity index (χ1v) is 6.26. The molecule has 96 valence electrons. The lowest BCUT2D eigenvalue weighted by molar-refractivity contribution is 0.126. The van der Waals surface area contributed by atoms with Crippen LogP contribution >= 0.6 is 24.0 Å². The van der Waals surface area contributed by atoms with Crippen molar-refractivity contribution in [2.75, 3.05) is 19.8 Å². The molecular weight excluding hydrogens is 257 g/mol. The summed E-state index contributed by atoms with van der Waals surface area (Å²) >= 11 is 6.04. The highest BCUT2D eigenvalue weighted by Crippen LogP contribution is 2.28. The molecule has 17 heavy (non-hydrogen) atoms. The Morgan fingerprint density at radius 3 is 2.76 bits per heavy atom. The van der Waals surface area contributed by atoms with E-state index in [4.69, 9.17) is 16.3 Å². The fraction of sp³-hybridized carbons (Fsp3) is 0.538. The molecule has 1 fully saturated rings. The summed E-state index contributed by atoms with van der Waals surface area (Å²) in [5.41, 5.74) is 1.14. The zero-order valence-electron chi connectivity index (χ0n) is 9.82. The van der Waals surface area contributed by atoms with Crippen LogP contribution in [0.2, 0.25) is 5.02 Å². The number of hydrogen-bond donors (Lipinski definition) is 1. The second-order valence-corrected chi connectivity index (χ2v) is 4.69. The summed E-state index contributed by atoms with van der Waals surface area (Å²) in [5.74, 6) is 0.851. The molecule has 1 saturated carbocycles. The Morgan fingerprint density at radius 1 is 1.29 bits per heavy atom. The van der Waals surface area contributed by atoms with E-state index >= 15 is 0 Å². The van der Waals surface area contributed by atoms with Gasteiger partial charge in [0.2, 0.25) is 0 Å². The summed E-state index contributed by atoms with van der Waals surface area (Å²) in [6.45, 7) is 3.43. The molecular formula is C13H19Cl2NO. The summed E-state index contributed by atoms with van der Waals surface area (Å²) in [7, 11) is 0. The highest BCUT2D eigenvalue weighted by atomic mass is 35.5. The molecule has 0 aromatic heterocycles. The molecule has 1 aromatic rings. The van der Waals surface area contributed by atoms with Gasteiger partial charge in [0.1, 0.15) is 0 Å². The van der Waals surface area contributed by atoms with Crippen LogP contribution in [0.5, 0.6) is 0 Å². The van der Waals surface area contributed by atoms with Gasteiger partial charge in [-0.1, -0.05) is 29.8 Å². The van der Waals surface area contributed by atoms with Crippen molar-refractivity contribution in [2.24, 2.45) is 5.92 Å². The van der Waals surface area contributed by atoms with Crippen molar-refractivity contribution in [3.05, 3.63) is 34.9 Å². The standard InChI is InChI=1S/C13H18ClNO.ClH/c14-13-4-2-1-3-12(13)9-15-7-8-16-10-11-5-6-11;/h1-4,11,15H,5-10H2;1H. The SMILES string of the molecule is Cl.Clc1ccccc1CNCCOCC1CC1. The molecule has 0 atom stereocenters. The summed E-state index contributed by atoms with van der Waals surface area (Å²) in [5, 5.41) is 4.15. The third-order valence-electron chi connectivity index (χ3n) is 2.75. The number of halogens is 2. The first-order chi connectivity index (χ1) is 7.86. The van der Waals surface area contributed by atoms with E-state index in [1.807, 2.05) is 24.3 Å². The van der Waals surface area contributed by atoms with Gasteiger partial charge in [0.05, 0.1) is 6.61 Å². The fourth-order valence-electron chi connectivity index (χ4n) is 1.54. The molecule has 0 aliphatic heterocycles. The molecule has 4 heteroatoms. The topological polar surface area (TPSA) is 21.3 Å². The normalized spacial score (nSPS) is 14.4. The van der Waals surface area contributed by atoms with Crippen LogP contribution in [-0.4, -0.2) is 19.8 Å². The summed E-state index contributed by atoms with van der Waals surface area (Å²) in [4.78, 5) is 0. The van der Waals surface area contributed by atoms with Gasteiger partial charge < -0.3 is 10.1 Å². The van der Waals surface area contributed by atoms with Crippen LogP contribution in [0.25, 0.3) is 0 Å². The van der Waals surface area contributed by atoms with E-state index < -0.39 is 0 Å². The highest BCUT2D eigenvalue weighted by Gasteiger charge is 2.20. The quantitative estimate of drug-likeness (QED) is 0.772. The maximum Gasteiger partial charge on any atom is 0.0591 e. The van der Waals surface area contributed by atoms with Crippen molar-refractivity contribution in [3.8, 4) is 0 Å². The smallest absolute Gasteiger partial charge is 0.0591 e. The lowest BCUT2D eigenvalue weighted by Gasteiger charge is -2.07. The Labute approximate surface area is 114 Å². The number of nitrogens with one attached hydrogen (secondary N) is 1. The lowest BCUT2D eigenvalue weighted by Crippen LogP contribution is -2.19.